The summed E-state index contributed by atoms with van der Waals surface area (Å²) in [6.07, 6.45) is 3.76. The first kappa shape index (κ1) is 10.5. The van der Waals surface area contributed by atoms with Crippen LogP contribution in [0.2, 0.25) is 0 Å². The molecule has 2 aromatic rings. The Hall–Kier alpha value is -2.04. The predicted octanol–water partition coefficient (Wildman–Crippen LogP) is 2.52. The summed E-state index contributed by atoms with van der Waals surface area (Å²) in [6, 6.07) is 3.70. The van der Waals surface area contributed by atoms with Crippen molar-refractivity contribution in [2.75, 3.05) is 11.9 Å². The Morgan fingerprint density at radius 3 is 3.31 bits per heavy atom. The minimum atomic E-state index is -0.438. The SMILES string of the molecule is CCCOC(=O)Nc1c[nH]c2ncccc12. The largest absolute Gasteiger partial charge is 0.449 e. The summed E-state index contributed by atoms with van der Waals surface area (Å²) in [7, 11) is 0. The molecule has 0 aromatic carbocycles. The normalized spacial score (nSPS) is 10.3. The van der Waals surface area contributed by atoms with E-state index in [1.165, 1.54) is 0 Å². The number of carbonyl (C=O) groups is 1. The smallest absolute Gasteiger partial charge is 0.411 e. The third-order valence-corrected chi connectivity index (χ3v) is 2.13. The van der Waals surface area contributed by atoms with Crippen LogP contribution < -0.4 is 5.32 Å². The number of aromatic amines is 1. The van der Waals surface area contributed by atoms with Crippen LogP contribution in [-0.2, 0) is 4.74 Å². The lowest BCUT2D eigenvalue weighted by Crippen LogP contribution is -2.13. The Morgan fingerprint density at radius 2 is 2.50 bits per heavy atom. The summed E-state index contributed by atoms with van der Waals surface area (Å²) >= 11 is 0. The summed E-state index contributed by atoms with van der Waals surface area (Å²) in [4.78, 5) is 18.4. The Kier molecular flexibility index (Phi) is 3.05. The zero-order valence-electron chi connectivity index (χ0n) is 8.99. The summed E-state index contributed by atoms with van der Waals surface area (Å²) < 4.78 is 4.93. The molecule has 0 saturated heterocycles. The average molecular weight is 219 g/mol. The molecule has 2 rings (SSSR count). The van der Waals surface area contributed by atoms with Crippen LogP contribution in [0.1, 0.15) is 13.3 Å². The fourth-order valence-corrected chi connectivity index (χ4v) is 1.40. The molecule has 84 valence electrons. The molecule has 2 N–H and O–H groups in total. The number of H-pyrrole nitrogens is 1. The van der Waals surface area contributed by atoms with Gasteiger partial charge in [-0.2, -0.15) is 0 Å². The molecule has 0 fully saturated rings. The molecule has 0 saturated carbocycles. The molecule has 0 aliphatic rings. The highest BCUT2D eigenvalue weighted by atomic mass is 16.5. The summed E-state index contributed by atoms with van der Waals surface area (Å²) in [5.41, 5.74) is 1.43. The van der Waals surface area contributed by atoms with Crippen molar-refractivity contribution in [1.82, 2.24) is 9.97 Å². The van der Waals surface area contributed by atoms with Crippen molar-refractivity contribution < 1.29 is 9.53 Å². The number of carbonyl (C=O) groups excluding carboxylic acids is 1. The monoisotopic (exact) mass is 219 g/mol. The number of aromatic nitrogens is 2. The Morgan fingerprint density at radius 1 is 1.62 bits per heavy atom. The maximum Gasteiger partial charge on any atom is 0.411 e. The summed E-state index contributed by atoms with van der Waals surface area (Å²) in [5.74, 6) is 0. The standard InChI is InChI=1S/C11H13N3O2/c1-2-6-16-11(15)14-9-7-13-10-8(9)4-3-5-12-10/h3-5,7H,2,6H2,1H3,(H,12,13)(H,14,15). The molecule has 0 spiro atoms. The molecular formula is C11H13N3O2. The molecule has 0 unspecified atom stereocenters. The van der Waals surface area contributed by atoms with E-state index in [4.69, 9.17) is 4.74 Å². The van der Waals surface area contributed by atoms with Crippen LogP contribution in [-0.4, -0.2) is 22.7 Å². The van der Waals surface area contributed by atoms with Gasteiger partial charge in [-0.25, -0.2) is 9.78 Å². The van der Waals surface area contributed by atoms with E-state index in [0.29, 0.717) is 12.3 Å². The molecule has 16 heavy (non-hydrogen) atoms. The third-order valence-electron chi connectivity index (χ3n) is 2.13. The van der Waals surface area contributed by atoms with Crippen molar-refractivity contribution in [3.63, 3.8) is 0 Å². The van der Waals surface area contributed by atoms with Gasteiger partial charge in [0.2, 0.25) is 0 Å². The van der Waals surface area contributed by atoms with Crippen LogP contribution in [0.25, 0.3) is 11.0 Å². The highest BCUT2D eigenvalue weighted by Crippen LogP contribution is 2.20. The number of rotatable bonds is 3. The van der Waals surface area contributed by atoms with E-state index in [1.54, 1.807) is 12.4 Å². The molecule has 5 heteroatoms. The van der Waals surface area contributed by atoms with Gasteiger partial charge >= 0.3 is 6.09 Å². The van der Waals surface area contributed by atoms with Crippen molar-refractivity contribution in [3.8, 4) is 0 Å². The van der Waals surface area contributed by atoms with E-state index in [1.807, 2.05) is 19.1 Å². The van der Waals surface area contributed by atoms with Crippen LogP contribution in [0.15, 0.2) is 24.5 Å². The zero-order chi connectivity index (χ0) is 11.4. The van der Waals surface area contributed by atoms with E-state index in [9.17, 15) is 4.79 Å². The second kappa shape index (κ2) is 4.65. The van der Waals surface area contributed by atoms with E-state index in [0.717, 1.165) is 17.5 Å². The molecule has 2 aromatic heterocycles. The molecule has 1 amide bonds. The van der Waals surface area contributed by atoms with Crippen LogP contribution >= 0.6 is 0 Å². The maximum absolute atomic E-state index is 11.3. The van der Waals surface area contributed by atoms with Gasteiger partial charge in [0.25, 0.3) is 0 Å². The van der Waals surface area contributed by atoms with Gasteiger partial charge in [0, 0.05) is 17.8 Å². The first-order chi connectivity index (χ1) is 7.81. The van der Waals surface area contributed by atoms with Gasteiger partial charge in [-0.3, -0.25) is 5.32 Å². The molecular weight excluding hydrogens is 206 g/mol. The lowest BCUT2D eigenvalue weighted by atomic mass is 10.3. The molecule has 0 aliphatic carbocycles. The molecule has 0 atom stereocenters. The van der Waals surface area contributed by atoms with Gasteiger partial charge in [-0.15, -0.1) is 0 Å². The first-order valence-corrected chi connectivity index (χ1v) is 5.17. The van der Waals surface area contributed by atoms with Crippen LogP contribution in [0, 0.1) is 0 Å². The van der Waals surface area contributed by atoms with Crippen LogP contribution in [0.3, 0.4) is 0 Å². The van der Waals surface area contributed by atoms with Crippen molar-refractivity contribution in [1.29, 1.82) is 0 Å². The second-order valence-electron chi connectivity index (χ2n) is 3.36. The molecule has 0 bridgehead atoms. The van der Waals surface area contributed by atoms with Gasteiger partial charge in [0.05, 0.1) is 12.3 Å². The predicted molar refractivity (Wildman–Crippen MR) is 61.4 cm³/mol. The number of anilines is 1. The Bertz CT molecular complexity index is 493. The number of ether oxygens (including phenoxy) is 1. The number of hydrogen-bond acceptors (Lipinski definition) is 3. The molecule has 0 aliphatic heterocycles. The van der Waals surface area contributed by atoms with Crippen molar-refractivity contribution >= 4 is 22.8 Å². The third kappa shape index (κ3) is 2.13. The second-order valence-corrected chi connectivity index (χ2v) is 3.36. The topological polar surface area (TPSA) is 67.0 Å². The fraction of sp³-hybridized carbons (Fsp3) is 0.273. The van der Waals surface area contributed by atoms with Crippen molar-refractivity contribution in [3.05, 3.63) is 24.5 Å². The van der Waals surface area contributed by atoms with Gasteiger partial charge in [0.1, 0.15) is 5.65 Å². The van der Waals surface area contributed by atoms with E-state index in [2.05, 4.69) is 15.3 Å². The molecule has 5 nitrogen and oxygen atoms in total. The van der Waals surface area contributed by atoms with E-state index in [-0.39, 0.29) is 0 Å². The van der Waals surface area contributed by atoms with Gasteiger partial charge < -0.3 is 9.72 Å². The quantitative estimate of drug-likeness (QED) is 0.833. The number of nitrogens with one attached hydrogen (secondary N) is 2. The number of nitrogens with zero attached hydrogens (tertiary/aromatic N) is 1. The van der Waals surface area contributed by atoms with Crippen molar-refractivity contribution in [2.45, 2.75) is 13.3 Å². The number of amides is 1. The zero-order valence-corrected chi connectivity index (χ0v) is 8.99. The highest BCUT2D eigenvalue weighted by Gasteiger charge is 2.07. The minimum Gasteiger partial charge on any atom is -0.449 e. The lowest BCUT2D eigenvalue weighted by molar-refractivity contribution is 0.162. The Balaban J connectivity index is 2.12. The highest BCUT2D eigenvalue weighted by molar-refractivity contribution is 5.97. The Labute approximate surface area is 92.8 Å². The molecule has 0 radical (unpaired) electrons. The van der Waals surface area contributed by atoms with Gasteiger partial charge in [0.15, 0.2) is 0 Å². The van der Waals surface area contributed by atoms with Crippen LogP contribution in [0.5, 0.6) is 0 Å². The lowest BCUT2D eigenvalue weighted by Gasteiger charge is -2.04. The number of hydrogen-bond donors (Lipinski definition) is 2. The fourth-order valence-electron chi connectivity index (χ4n) is 1.40. The van der Waals surface area contributed by atoms with Crippen molar-refractivity contribution in [2.24, 2.45) is 0 Å². The number of pyridine rings is 1. The molecule has 2 heterocycles. The maximum atomic E-state index is 11.3. The van der Waals surface area contributed by atoms with Gasteiger partial charge in [-0.1, -0.05) is 6.92 Å². The average Bonchev–Trinajstić information content (AvgIpc) is 2.70. The van der Waals surface area contributed by atoms with Crippen LogP contribution in [0.4, 0.5) is 10.5 Å². The van der Waals surface area contributed by atoms with Gasteiger partial charge in [-0.05, 0) is 18.6 Å². The first-order valence-electron chi connectivity index (χ1n) is 5.17. The summed E-state index contributed by atoms with van der Waals surface area (Å²) in [5, 5.41) is 3.54. The minimum absolute atomic E-state index is 0.423. The van der Waals surface area contributed by atoms with E-state index < -0.39 is 6.09 Å². The number of fused-ring (bicyclic) bond motifs is 1. The van der Waals surface area contributed by atoms with E-state index >= 15 is 0 Å². The summed E-state index contributed by atoms with van der Waals surface area (Å²) in [6.45, 7) is 2.37.